The lowest BCUT2D eigenvalue weighted by Crippen LogP contribution is -2.44. The Bertz CT molecular complexity index is 901. The second-order valence-corrected chi connectivity index (χ2v) is 8.55. The van der Waals surface area contributed by atoms with Crippen LogP contribution in [-0.4, -0.2) is 29.1 Å². The lowest BCUT2D eigenvalue weighted by Gasteiger charge is -2.34. The predicted molar refractivity (Wildman–Crippen MR) is 119 cm³/mol. The van der Waals surface area contributed by atoms with E-state index in [0.29, 0.717) is 24.0 Å². The Morgan fingerprint density at radius 1 is 1.13 bits per heavy atom. The fraction of sp³-hybridized carbons (Fsp3) is 0.520. The van der Waals surface area contributed by atoms with E-state index in [0.717, 1.165) is 35.4 Å². The quantitative estimate of drug-likeness (QED) is 0.690. The Morgan fingerprint density at radius 2 is 1.83 bits per heavy atom. The van der Waals surface area contributed by atoms with Gasteiger partial charge in [0.1, 0.15) is 6.54 Å². The Labute approximate surface area is 179 Å². The van der Waals surface area contributed by atoms with Gasteiger partial charge in [-0.1, -0.05) is 57.0 Å². The van der Waals surface area contributed by atoms with Gasteiger partial charge in [-0.25, -0.2) is 4.79 Å². The summed E-state index contributed by atoms with van der Waals surface area (Å²) in [5.41, 5.74) is 4.07. The number of aromatic nitrogens is 1. The zero-order chi connectivity index (χ0) is 21.8. The van der Waals surface area contributed by atoms with Crippen molar-refractivity contribution < 1.29 is 14.3 Å². The highest BCUT2D eigenvalue weighted by Crippen LogP contribution is 2.32. The molecule has 0 spiro atoms. The molecule has 0 aliphatic heterocycles. The van der Waals surface area contributed by atoms with Crippen molar-refractivity contribution >= 4 is 11.9 Å². The summed E-state index contributed by atoms with van der Waals surface area (Å²) in [6, 6.07) is 10.1. The molecule has 3 rings (SSSR count). The molecule has 1 fully saturated rings. The summed E-state index contributed by atoms with van der Waals surface area (Å²) in [5, 5.41) is 3.26. The Balaban J connectivity index is 1.93. The number of hydrogen-bond acceptors (Lipinski definition) is 3. The molecule has 5 nitrogen and oxygen atoms in total. The average molecular weight is 411 g/mol. The summed E-state index contributed by atoms with van der Waals surface area (Å²) in [4.78, 5) is 25.7. The predicted octanol–water partition coefficient (Wildman–Crippen LogP) is 4.89. The third kappa shape index (κ3) is 4.45. The van der Waals surface area contributed by atoms with Gasteiger partial charge in [-0.2, -0.15) is 0 Å². The average Bonchev–Trinajstić information content (AvgIpc) is 2.96. The minimum Gasteiger partial charge on any atom is -0.462 e. The zero-order valence-corrected chi connectivity index (χ0v) is 18.8. The monoisotopic (exact) mass is 410 g/mol. The SMILES string of the molecule is CCOC(=O)c1c(C)c(-c2ccccc2)n(CC(=O)N[C@@H]2CCC[C@H](C)[C@@H]2C)c1C. The molecule has 3 atom stereocenters. The summed E-state index contributed by atoms with van der Waals surface area (Å²) in [6.45, 7) is 10.6. The van der Waals surface area contributed by atoms with Crippen molar-refractivity contribution in [1.82, 2.24) is 9.88 Å². The Kier molecular flexibility index (Phi) is 7.01. The van der Waals surface area contributed by atoms with E-state index in [1.54, 1.807) is 6.92 Å². The van der Waals surface area contributed by atoms with Crippen molar-refractivity contribution in [2.75, 3.05) is 6.61 Å². The molecular weight excluding hydrogens is 376 g/mol. The van der Waals surface area contributed by atoms with Crippen LogP contribution in [0.25, 0.3) is 11.3 Å². The highest BCUT2D eigenvalue weighted by Gasteiger charge is 2.29. The topological polar surface area (TPSA) is 60.3 Å². The van der Waals surface area contributed by atoms with Crippen LogP contribution in [0.4, 0.5) is 0 Å². The van der Waals surface area contributed by atoms with Crippen LogP contribution < -0.4 is 5.32 Å². The van der Waals surface area contributed by atoms with Crippen molar-refractivity contribution in [2.45, 2.75) is 66.5 Å². The lowest BCUT2D eigenvalue weighted by molar-refractivity contribution is -0.123. The molecular formula is C25H34N2O3. The highest BCUT2D eigenvalue weighted by atomic mass is 16.5. The van der Waals surface area contributed by atoms with E-state index in [2.05, 4.69) is 19.2 Å². The van der Waals surface area contributed by atoms with Gasteiger partial charge < -0.3 is 14.6 Å². The number of esters is 1. The molecule has 1 aliphatic rings. The van der Waals surface area contributed by atoms with E-state index >= 15 is 0 Å². The van der Waals surface area contributed by atoms with Gasteiger partial charge in [-0.3, -0.25) is 4.79 Å². The van der Waals surface area contributed by atoms with E-state index in [-0.39, 0.29) is 24.5 Å². The van der Waals surface area contributed by atoms with E-state index in [1.807, 2.05) is 48.7 Å². The van der Waals surface area contributed by atoms with Crippen LogP contribution in [0.2, 0.25) is 0 Å². The number of hydrogen-bond donors (Lipinski definition) is 1. The third-order valence-electron chi connectivity index (χ3n) is 6.65. The van der Waals surface area contributed by atoms with E-state index in [4.69, 9.17) is 4.74 Å². The van der Waals surface area contributed by atoms with Gasteiger partial charge >= 0.3 is 5.97 Å². The number of nitrogens with one attached hydrogen (secondary N) is 1. The Hall–Kier alpha value is -2.56. The molecule has 1 aromatic heterocycles. The van der Waals surface area contributed by atoms with Crippen LogP contribution in [0.1, 0.15) is 61.6 Å². The number of carbonyl (C=O) groups excluding carboxylic acids is 2. The molecule has 0 bridgehead atoms. The second kappa shape index (κ2) is 9.50. The lowest BCUT2D eigenvalue weighted by atomic mass is 9.78. The van der Waals surface area contributed by atoms with Crippen LogP contribution in [0.5, 0.6) is 0 Å². The molecule has 1 amide bonds. The first-order chi connectivity index (χ1) is 14.3. The highest BCUT2D eigenvalue weighted by molar-refractivity contribution is 5.95. The molecule has 1 saturated carbocycles. The number of nitrogens with zero attached hydrogens (tertiary/aromatic N) is 1. The van der Waals surface area contributed by atoms with Gasteiger partial charge in [0, 0.05) is 11.7 Å². The van der Waals surface area contributed by atoms with E-state index < -0.39 is 0 Å². The van der Waals surface area contributed by atoms with Crippen LogP contribution in [0.3, 0.4) is 0 Å². The van der Waals surface area contributed by atoms with E-state index in [1.165, 1.54) is 6.42 Å². The number of carbonyl (C=O) groups is 2. The van der Waals surface area contributed by atoms with Crippen molar-refractivity contribution in [1.29, 1.82) is 0 Å². The van der Waals surface area contributed by atoms with E-state index in [9.17, 15) is 9.59 Å². The first kappa shape index (κ1) is 22.1. The maximum absolute atomic E-state index is 13.0. The van der Waals surface area contributed by atoms with Gasteiger partial charge in [-0.05, 0) is 50.2 Å². The first-order valence-electron chi connectivity index (χ1n) is 11.1. The molecule has 5 heteroatoms. The summed E-state index contributed by atoms with van der Waals surface area (Å²) >= 11 is 0. The standard InChI is InChI=1S/C25H34N2O3/c1-6-30-25(29)23-18(4)24(20-12-8-7-9-13-20)27(19(23)5)15-22(28)26-21-14-10-11-16(2)17(21)3/h7-9,12-13,16-17,21H,6,10-11,14-15H2,1-5H3,(H,26,28)/t16-,17-,21+/m0/s1. The van der Waals surface area contributed by atoms with Crippen molar-refractivity contribution in [3.63, 3.8) is 0 Å². The maximum atomic E-state index is 13.0. The fourth-order valence-corrected chi connectivity index (χ4v) is 4.75. The van der Waals surface area contributed by atoms with Crippen LogP contribution >= 0.6 is 0 Å². The first-order valence-corrected chi connectivity index (χ1v) is 11.1. The summed E-state index contributed by atoms with van der Waals surface area (Å²) in [7, 11) is 0. The van der Waals surface area contributed by atoms with Crippen molar-refractivity contribution in [2.24, 2.45) is 11.8 Å². The molecule has 0 saturated heterocycles. The van der Waals surface area contributed by atoms with Crippen LogP contribution in [0.15, 0.2) is 30.3 Å². The molecule has 30 heavy (non-hydrogen) atoms. The number of ether oxygens (including phenoxy) is 1. The minimum absolute atomic E-state index is 0.00774. The van der Waals surface area contributed by atoms with Crippen LogP contribution in [0, 0.1) is 25.7 Å². The number of rotatable bonds is 6. The second-order valence-electron chi connectivity index (χ2n) is 8.55. The molecule has 1 heterocycles. The van der Waals surface area contributed by atoms with Crippen molar-refractivity contribution in [3.05, 3.63) is 47.2 Å². The molecule has 1 aliphatic carbocycles. The fourth-order valence-electron chi connectivity index (χ4n) is 4.75. The van der Waals surface area contributed by atoms with Gasteiger partial charge in [-0.15, -0.1) is 0 Å². The molecule has 0 radical (unpaired) electrons. The summed E-state index contributed by atoms with van der Waals surface area (Å²) in [6.07, 6.45) is 3.41. The Morgan fingerprint density at radius 3 is 2.50 bits per heavy atom. The molecule has 1 aromatic carbocycles. The summed E-state index contributed by atoms with van der Waals surface area (Å²) < 4.78 is 7.25. The molecule has 2 aromatic rings. The van der Waals surface area contributed by atoms with Gasteiger partial charge in [0.2, 0.25) is 5.91 Å². The van der Waals surface area contributed by atoms with Gasteiger partial charge in [0.05, 0.1) is 17.9 Å². The zero-order valence-electron chi connectivity index (χ0n) is 18.8. The molecule has 1 N–H and O–H groups in total. The van der Waals surface area contributed by atoms with Crippen molar-refractivity contribution in [3.8, 4) is 11.3 Å². The maximum Gasteiger partial charge on any atom is 0.340 e. The normalized spacial score (nSPS) is 21.3. The third-order valence-corrected chi connectivity index (χ3v) is 6.65. The smallest absolute Gasteiger partial charge is 0.340 e. The molecule has 162 valence electrons. The number of benzene rings is 1. The molecule has 0 unspecified atom stereocenters. The number of amides is 1. The largest absolute Gasteiger partial charge is 0.462 e. The minimum atomic E-state index is -0.335. The van der Waals surface area contributed by atoms with Crippen LogP contribution in [-0.2, 0) is 16.1 Å². The summed E-state index contributed by atoms with van der Waals surface area (Å²) in [5.74, 6) is 0.749. The van der Waals surface area contributed by atoms with Gasteiger partial charge in [0.25, 0.3) is 0 Å². The van der Waals surface area contributed by atoms with Gasteiger partial charge in [0.15, 0.2) is 0 Å².